The van der Waals surface area contributed by atoms with Gasteiger partial charge < -0.3 is 9.84 Å². The Morgan fingerprint density at radius 2 is 1.74 bits per heavy atom. The number of unbranched alkanes of at least 4 members (excludes halogenated alkanes) is 1. The number of hydrogen-bond donors (Lipinski definition) is 1. The predicted molar refractivity (Wildman–Crippen MR) is 133 cm³/mol. The van der Waals surface area contributed by atoms with E-state index in [1.54, 1.807) is 42.7 Å². The van der Waals surface area contributed by atoms with Gasteiger partial charge in [-0.2, -0.15) is 0 Å². The van der Waals surface area contributed by atoms with E-state index < -0.39 is 11.9 Å². The van der Waals surface area contributed by atoms with Crippen molar-refractivity contribution in [1.29, 1.82) is 0 Å². The quantitative estimate of drug-likeness (QED) is 0.375. The minimum atomic E-state index is -0.981. The van der Waals surface area contributed by atoms with E-state index in [1.807, 2.05) is 24.3 Å². The van der Waals surface area contributed by atoms with Gasteiger partial charge in [0.05, 0.1) is 18.7 Å². The molecule has 0 radical (unpaired) electrons. The molecule has 0 spiro atoms. The molecular weight excluding hydrogens is 443 g/mol. The molecule has 0 aliphatic heterocycles. The summed E-state index contributed by atoms with van der Waals surface area (Å²) in [7, 11) is 0. The number of carboxylic acid groups (broad SMARTS) is 1. The number of esters is 1. The van der Waals surface area contributed by atoms with Gasteiger partial charge in [-0.25, -0.2) is 14.6 Å². The van der Waals surface area contributed by atoms with Crippen LogP contribution in [0.4, 0.5) is 0 Å². The van der Waals surface area contributed by atoms with Crippen LogP contribution < -0.4 is 5.56 Å². The van der Waals surface area contributed by atoms with Gasteiger partial charge in [0.2, 0.25) is 0 Å². The molecule has 7 nitrogen and oxygen atoms in total. The molecule has 0 unspecified atom stereocenters. The molecule has 0 amide bonds. The van der Waals surface area contributed by atoms with Gasteiger partial charge in [0.25, 0.3) is 5.56 Å². The van der Waals surface area contributed by atoms with E-state index in [-0.39, 0.29) is 58.5 Å². The molecule has 174 valence electrons. The van der Waals surface area contributed by atoms with Crippen molar-refractivity contribution in [2.24, 2.45) is 0 Å². The van der Waals surface area contributed by atoms with Crippen molar-refractivity contribution in [3.05, 3.63) is 87.1 Å². The molecule has 0 fully saturated rings. The first-order valence-electron chi connectivity index (χ1n) is 11.1. The van der Waals surface area contributed by atoms with Crippen LogP contribution in [0.15, 0.2) is 53.3 Å². The molecule has 0 saturated heterocycles. The average Bonchev–Trinajstić information content (AvgIpc) is 2.82. The topological polar surface area (TPSA) is 98.5 Å². The summed E-state index contributed by atoms with van der Waals surface area (Å²) in [6.45, 7) is 5.87. The standard InChI is InChI=1S/C26H28N2O5.Na.H/c1-4-6-11-22-27-23(26(32)33-5-2)17(3)24(29)28(22)16-18-12-14-19(15-13-18)20-9-7-8-10-21(20)25(30)31;;/h7-10,12-15H,4-6,11,16H2,1-3H3,(H,30,31);;. The Morgan fingerprint density at radius 1 is 1.06 bits per heavy atom. The summed E-state index contributed by atoms with van der Waals surface area (Å²) in [5, 5.41) is 9.45. The third-order valence-electron chi connectivity index (χ3n) is 5.46. The Hall–Kier alpha value is -2.74. The van der Waals surface area contributed by atoms with Crippen LogP contribution in [0.5, 0.6) is 0 Å². The Morgan fingerprint density at radius 3 is 2.35 bits per heavy atom. The summed E-state index contributed by atoms with van der Waals surface area (Å²) in [6.07, 6.45) is 2.33. The normalized spacial score (nSPS) is 10.4. The van der Waals surface area contributed by atoms with Gasteiger partial charge in [0.15, 0.2) is 5.69 Å². The molecule has 0 aliphatic rings. The van der Waals surface area contributed by atoms with E-state index in [1.165, 1.54) is 0 Å². The first kappa shape index (κ1) is 27.5. The number of nitrogens with zero attached hydrogens (tertiary/aromatic N) is 2. The van der Waals surface area contributed by atoms with Crippen LogP contribution in [-0.4, -0.2) is 62.8 Å². The molecule has 2 aromatic carbocycles. The van der Waals surface area contributed by atoms with Gasteiger partial charge in [-0.3, -0.25) is 9.36 Å². The van der Waals surface area contributed by atoms with Gasteiger partial charge in [0, 0.05) is 12.0 Å². The van der Waals surface area contributed by atoms with Crippen LogP contribution in [-0.2, 0) is 17.7 Å². The number of carbonyl (C=O) groups is 2. The van der Waals surface area contributed by atoms with E-state index in [2.05, 4.69) is 11.9 Å². The summed E-state index contributed by atoms with van der Waals surface area (Å²) < 4.78 is 6.68. The van der Waals surface area contributed by atoms with Crippen molar-refractivity contribution in [2.75, 3.05) is 6.61 Å². The summed E-state index contributed by atoms with van der Waals surface area (Å²) in [4.78, 5) is 41.5. The van der Waals surface area contributed by atoms with Crippen molar-refractivity contribution in [3.8, 4) is 11.1 Å². The van der Waals surface area contributed by atoms with Crippen molar-refractivity contribution in [1.82, 2.24) is 9.55 Å². The van der Waals surface area contributed by atoms with Crippen molar-refractivity contribution < 1.29 is 19.4 Å². The SMILES string of the molecule is CCCCc1nc(C(=O)OCC)c(C)c(=O)n1Cc1ccc(-c2ccccc2C(=O)O)cc1.[NaH]. The maximum absolute atomic E-state index is 13.1. The Balaban J connectivity index is 0.00000408. The Bertz CT molecular complexity index is 1220. The Labute approximate surface area is 221 Å². The first-order chi connectivity index (χ1) is 15.9. The van der Waals surface area contributed by atoms with Gasteiger partial charge in [-0.15, -0.1) is 0 Å². The molecule has 1 N–H and O–H groups in total. The second kappa shape index (κ2) is 12.6. The van der Waals surface area contributed by atoms with Crippen LogP contribution in [0.3, 0.4) is 0 Å². The number of ether oxygens (including phenoxy) is 1. The average molecular weight is 473 g/mol. The molecule has 3 aromatic rings. The predicted octanol–water partition coefficient (Wildman–Crippen LogP) is 3.84. The van der Waals surface area contributed by atoms with Crippen LogP contribution in [0.1, 0.15) is 64.5 Å². The van der Waals surface area contributed by atoms with E-state index in [9.17, 15) is 19.5 Å². The summed E-state index contributed by atoms with van der Waals surface area (Å²) >= 11 is 0. The number of rotatable bonds is 9. The minimum absolute atomic E-state index is 0. The third-order valence-corrected chi connectivity index (χ3v) is 5.46. The Kier molecular flexibility index (Phi) is 10.2. The number of carbonyl (C=O) groups excluding carboxylic acids is 1. The molecular formula is C26H29N2NaO5. The number of carboxylic acids is 1. The zero-order valence-electron chi connectivity index (χ0n) is 19.1. The van der Waals surface area contributed by atoms with Crippen molar-refractivity contribution >= 4 is 41.5 Å². The molecule has 34 heavy (non-hydrogen) atoms. The number of aryl methyl sites for hydroxylation is 1. The monoisotopic (exact) mass is 472 g/mol. The fourth-order valence-corrected chi connectivity index (χ4v) is 3.67. The number of benzene rings is 2. The maximum atomic E-state index is 13.1. The number of hydrogen-bond acceptors (Lipinski definition) is 5. The van der Waals surface area contributed by atoms with Gasteiger partial charge >= 0.3 is 41.5 Å². The molecule has 0 aliphatic carbocycles. The van der Waals surface area contributed by atoms with Crippen LogP contribution >= 0.6 is 0 Å². The van der Waals surface area contributed by atoms with Crippen LogP contribution in [0, 0.1) is 6.92 Å². The number of aromatic carboxylic acids is 1. The number of aromatic nitrogens is 2. The van der Waals surface area contributed by atoms with Crippen LogP contribution in [0.25, 0.3) is 11.1 Å². The zero-order chi connectivity index (χ0) is 24.0. The van der Waals surface area contributed by atoms with Gasteiger partial charge in [0.1, 0.15) is 5.82 Å². The molecule has 8 heteroatoms. The summed E-state index contributed by atoms with van der Waals surface area (Å²) in [5.41, 5.74) is 2.59. The molecule has 1 heterocycles. The van der Waals surface area contributed by atoms with Gasteiger partial charge in [-0.1, -0.05) is 55.8 Å². The molecule has 0 saturated carbocycles. The summed E-state index contributed by atoms with van der Waals surface area (Å²) in [5.74, 6) is -1.01. The second-order valence-electron chi connectivity index (χ2n) is 7.76. The fourth-order valence-electron chi connectivity index (χ4n) is 3.67. The van der Waals surface area contributed by atoms with Crippen LogP contribution in [0.2, 0.25) is 0 Å². The fraction of sp³-hybridized carbons (Fsp3) is 0.308. The first-order valence-corrected chi connectivity index (χ1v) is 11.1. The van der Waals surface area contributed by atoms with E-state index in [0.29, 0.717) is 24.4 Å². The zero-order valence-corrected chi connectivity index (χ0v) is 19.1. The third kappa shape index (κ3) is 6.23. The van der Waals surface area contributed by atoms with E-state index in [0.717, 1.165) is 24.0 Å². The van der Waals surface area contributed by atoms with Crippen molar-refractivity contribution in [3.63, 3.8) is 0 Å². The molecule has 1 aromatic heterocycles. The van der Waals surface area contributed by atoms with Crippen molar-refractivity contribution in [2.45, 2.75) is 46.6 Å². The molecule has 0 atom stereocenters. The second-order valence-corrected chi connectivity index (χ2v) is 7.76. The molecule has 3 rings (SSSR count). The van der Waals surface area contributed by atoms with E-state index in [4.69, 9.17) is 4.74 Å². The molecule has 0 bridgehead atoms. The van der Waals surface area contributed by atoms with Gasteiger partial charge in [-0.05, 0) is 43.0 Å². The summed E-state index contributed by atoms with van der Waals surface area (Å²) in [6, 6.07) is 14.3. The van der Waals surface area contributed by atoms with E-state index >= 15 is 0 Å².